The van der Waals surface area contributed by atoms with Gasteiger partial charge >= 0.3 is 29.6 Å². The molecule has 0 bridgehead atoms. The first-order valence-corrected chi connectivity index (χ1v) is 4.61. The normalized spacial score (nSPS) is 11.4. The minimum Gasteiger partial charge on any atom is -0.0619 e. The Morgan fingerprint density at radius 3 is 1.57 bits per heavy atom. The Labute approximate surface area is 106 Å². The molecule has 14 heavy (non-hydrogen) atoms. The topological polar surface area (TPSA) is 0 Å². The van der Waals surface area contributed by atoms with Gasteiger partial charge in [0.25, 0.3) is 0 Å². The van der Waals surface area contributed by atoms with Crippen LogP contribution in [-0.4, -0.2) is 29.6 Å². The van der Waals surface area contributed by atoms with Gasteiger partial charge in [-0.3, -0.25) is 0 Å². The van der Waals surface area contributed by atoms with Gasteiger partial charge in [-0.25, -0.2) is 0 Å². The average Bonchev–Trinajstić information content (AvgIpc) is 2.56. The number of fused-ring (bicyclic) bond motifs is 3. The fourth-order valence-corrected chi connectivity index (χ4v) is 2.08. The second-order valence-corrected chi connectivity index (χ2v) is 3.49. The summed E-state index contributed by atoms with van der Waals surface area (Å²) in [4.78, 5) is 0. The fourth-order valence-electron chi connectivity index (χ4n) is 2.08. The second-order valence-electron chi connectivity index (χ2n) is 3.49. The van der Waals surface area contributed by atoms with Crippen LogP contribution in [-0.2, 0) is 6.42 Å². The summed E-state index contributed by atoms with van der Waals surface area (Å²) in [6.07, 6.45) is 1.10. The summed E-state index contributed by atoms with van der Waals surface area (Å²) in [6.45, 7) is 0. The van der Waals surface area contributed by atoms with Gasteiger partial charge in [-0.1, -0.05) is 48.5 Å². The fraction of sp³-hybridized carbons (Fsp3) is 0.0769. The molecule has 0 saturated heterocycles. The molecule has 1 aliphatic rings. The van der Waals surface area contributed by atoms with Gasteiger partial charge in [-0.05, 0) is 28.7 Å². The van der Waals surface area contributed by atoms with Crippen molar-refractivity contribution in [1.29, 1.82) is 0 Å². The van der Waals surface area contributed by atoms with E-state index in [4.69, 9.17) is 0 Å². The molecule has 2 aromatic rings. The van der Waals surface area contributed by atoms with Crippen molar-refractivity contribution < 1.29 is 0 Å². The third-order valence-electron chi connectivity index (χ3n) is 2.71. The van der Waals surface area contributed by atoms with Crippen molar-refractivity contribution in [2.45, 2.75) is 6.42 Å². The van der Waals surface area contributed by atoms with Gasteiger partial charge in [0, 0.05) is 0 Å². The summed E-state index contributed by atoms with van der Waals surface area (Å²) in [5.74, 6) is 0. The molecule has 0 fully saturated rings. The van der Waals surface area contributed by atoms with Gasteiger partial charge in [0.15, 0.2) is 0 Å². The monoisotopic (exact) mass is 190 g/mol. The van der Waals surface area contributed by atoms with Gasteiger partial charge in [0.05, 0.1) is 0 Å². The van der Waals surface area contributed by atoms with E-state index in [9.17, 15) is 0 Å². The van der Waals surface area contributed by atoms with E-state index < -0.39 is 0 Å². The summed E-state index contributed by atoms with van der Waals surface area (Å²) in [5, 5.41) is 0. The quantitative estimate of drug-likeness (QED) is 0.478. The van der Waals surface area contributed by atoms with E-state index in [-0.39, 0.29) is 29.6 Å². The number of hydrogen-bond donors (Lipinski definition) is 0. The molecule has 0 atom stereocenters. The van der Waals surface area contributed by atoms with Gasteiger partial charge in [0.1, 0.15) is 0 Å². The Kier molecular flexibility index (Phi) is 2.78. The van der Waals surface area contributed by atoms with E-state index in [0.29, 0.717) is 0 Å². The molecule has 2 aromatic carbocycles. The summed E-state index contributed by atoms with van der Waals surface area (Å²) in [6, 6.07) is 17.3. The van der Waals surface area contributed by atoms with E-state index in [1.54, 1.807) is 0 Å². The van der Waals surface area contributed by atoms with Crippen molar-refractivity contribution >= 4 is 29.6 Å². The molecule has 0 spiro atoms. The van der Waals surface area contributed by atoms with Crippen molar-refractivity contribution in [3.05, 3.63) is 59.7 Å². The first-order valence-electron chi connectivity index (χ1n) is 4.61. The van der Waals surface area contributed by atoms with Crippen molar-refractivity contribution in [3.63, 3.8) is 0 Å². The molecule has 1 aliphatic carbocycles. The molecule has 0 aliphatic heterocycles. The third-order valence-corrected chi connectivity index (χ3v) is 2.71. The first kappa shape index (κ1) is 9.97. The van der Waals surface area contributed by atoms with Crippen LogP contribution in [0.1, 0.15) is 11.1 Å². The molecule has 0 saturated carbocycles. The van der Waals surface area contributed by atoms with Crippen molar-refractivity contribution in [1.82, 2.24) is 0 Å². The van der Waals surface area contributed by atoms with E-state index in [1.807, 2.05) is 0 Å². The minimum atomic E-state index is 0. The molecular weight excluding hydrogens is 179 g/mol. The van der Waals surface area contributed by atoms with Crippen LogP contribution in [0.2, 0.25) is 0 Å². The molecule has 0 unspecified atom stereocenters. The minimum absolute atomic E-state index is 0. The van der Waals surface area contributed by atoms with Crippen molar-refractivity contribution in [3.8, 4) is 11.1 Å². The van der Waals surface area contributed by atoms with E-state index >= 15 is 0 Å². The van der Waals surface area contributed by atoms with Crippen LogP contribution in [0, 0.1) is 0 Å². The summed E-state index contributed by atoms with van der Waals surface area (Å²) < 4.78 is 0. The smallest absolute Gasteiger partial charge is 0.00135 e. The summed E-state index contributed by atoms with van der Waals surface area (Å²) in [5.41, 5.74) is 5.75. The number of hydrogen-bond acceptors (Lipinski definition) is 0. The Balaban J connectivity index is 0.000000750. The molecule has 0 heterocycles. The van der Waals surface area contributed by atoms with Gasteiger partial charge in [-0.15, -0.1) is 0 Å². The SMILES string of the molecule is [NaH].c1ccc2c(c1)Cc1ccccc1-2. The maximum atomic E-state index is 2.22. The Morgan fingerprint density at radius 2 is 1.07 bits per heavy atom. The average molecular weight is 190 g/mol. The third kappa shape index (κ3) is 1.44. The van der Waals surface area contributed by atoms with E-state index in [0.717, 1.165) is 6.42 Å². The number of benzene rings is 2. The largest absolute Gasteiger partial charge is 0.0619 e. The zero-order valence-corrected chi connectivity index (χ0v) is 7.33. The predicted octanol–water partition coefficient (Wildman–Crippen LogP) is 2.61. The van der Waals surface area contributed by atoms with Crippen LogP contribution in [0.5, 0.6) is 0 Å². The molecule has 64 valence electrons. The molecule has 0 nitrogen and oxygen atoms in total. The van der Waals surface area contributed by atoms with Gasteiger partial charge in [-0.2, -0.15) is 0 Å². The van der Waals surface area contributed by atoms with Crippen LogP contribution in [0.15, 0.2) is 48.5 Å². The van der Waals surface area contributed by atoms with Crippen LogP contribution in [0.4, 0.5) is 0 Å². The maximum absolute atomic E-state index is 2.22. The second kappa shape index (κ2) is 3.90. The Hall–Kier alpha value is -0.560. The van der Waals surface area contributed by atoms with Crippen molar-refractivity contribution in [2.75, 3.05) is 0 Å². The van der Waals surface area contributed by atoms with Crippen LogP contribution < -0.4 is 0 Å². The summed E-state index contributed by atoms with van der Waals surface area (Å²) in [7, 11) is 0. The van der Waals surface area contributed by atoms with Gasteiger partial charge in [0.2, 0.25) is 0 Å². The molecule has 0 amide bonds. The number of rotatable bonds is 0. The zero-order valence-electron chi connectivity index (χ0n) is 7.33. The van der Waals surface area contributed by atoms with E-state index in [2.05, 4.69) is 48.5 Å². The molecule has 0 aromatic heterocycles. The molecule has 0 radical (unpaired) electrons. The molecule has 0 N–H and O–H groups in total. The predicted molar refractivity (Wildman–Crippen MR) is 61.8 cm³/mol. The van der Waals surface area contributed by atoms with Crippen LogP contribution in [0.25, 0.3) is 11.1 Å². The molecule has 1 heteroatoms. The summed E-state index contributed by atoms with van der Waals surface area (Å²) >= 11 is 0. The Bertz CT molecular complexity index is 417. The van der Waals surface area contributed by atoms with Gasteiger partial charge < -0.3 is 0 Å². The molecule has 3 rings (SSSR count). The maximum Gasteiger partial charge on any atom is -0.00135 e. The first-order chi connectivity index (χ1) is 6.45. The molecular formula is C13H11Na. The zero-order chi connectivity index (χ0) is 8.67. The van der Waals surface area contributed by atoms with Crippen LogP contribution >= 0.6 is 0 Å². The Morgan fingerprint density at radius 1 is 0.643 bits per heavy atom. The van der Waals surface area contributed by atoms with Crippen LogP contribution in [0.3, 0.4) is 0 Å². The van der Waals surface area contributed by atoms with E-state index in [1.165, 1.54) is 22.3 Å². The standard InChI is InChI=1S/C13H10.Na.H/c1-3-7-12-10(5-1)9-11-6-2-4-8-13(11)12;;/h1-8H,9H2;;. The van der Waals surface area contributed by atoms with Crippen molar-refractivity contribution in [2.24, 2.45) is 0 Å².